The van der Waals surface area contributed by atoms with Crippen molar-refractivity contribution in [3.63, 3.8) is 0 Å². The van der Waals surface area contributed by atoms with Gasteiger partial charge in [0.2, 0.25) is 0 Å². The summed E-state index contributed by atoms with van der Waals surface area (Å²) in [5.74, 6) is 1.85. The predicted octanol–water partition coefficient (Wildman–Crippen LogP) is 3.46. The van der Waals surface area contributed by atoms with Crippen molar-refractivity contribution in [2.75, 3.05) is 27.3 Å². The van der Waals surface area contributed by atoms with Crippen LogP contribution in [0.3, 0.4) is 0 Å². The van der Waals surface area contributed by atoms with Crippen LogP contribution in [0.4, 0.5) is 0 Å². The summed E-state index contributed by atoms with van der Waals surface area (Å²) in [6.07, 6.45) is 4.97. The number of ether oxygens (including phenoxy) is 2. The van der Waals surface area contributed by atoms with E-state index in [9.17, 15) is 4.79 Å². The zero-order chi connectivity index (χ0) is 17.8. The molecule has 1 aromatic carbocycles. The van der Waals surface area contributed by atoms with Crippen LogP contribution in [0, 0.1) is 5.92 Å². The van der Waals surface area contributed by atoms with Gasteiger partial charge in [0, 0.05) is 25.5 Å². The highest BCUT2D eigenvalue weighted by atomic mass is 35.5. The van der Waals surface area contributed by atoms with Crippen LogP contribution in [0.15, 0.2) is 36.7 Å². The number of amides is 1. The number of hydrogen-bond donors (Lipinski definition) is 0. The standard InChI is InChI=1S/C19H21ClN2O3/c1-24-17-4-3-13(10-18(17)25-2)9-14-6-8-22(12-14)19(23)15-5-7-21-11-16(15)20/h3-5,7,10-11,14H,6,8-9,12H2,1-2H3. The third-order valence-electron chi connectivity index (χ3n) is 4.55. The third-order valence-corrected chi connectivity index (χ3v) is 4.85. The molecule has 1 fully saturated rings. The van der Waals surface area contributed by atoms with Crippen molar-refractivity contribution in [1.82, 2.24) is 9.88 Å². The molecular formula is C19H21ClN2O3. The molecule has 25 heavy (non-hydrogen) atoms. The molecule has 0 N–H and O–H groups in total. The van der Waals surface area contributed by atoms with Crippen molar-refractivity contribution < 1.29 is 14.3 Å². The molecule has 2 heterocycles. The van der Waals surface area contributed by atoms with Crippen LogP contribution in [-0.4, -0.2) is 43.1 Å². The lowest BCUT2D eigenvalue weighted by Crippen LogP contribution is -2.29. The van der Waals surface area contributed by atoms with E-state index in [1.807, 2.05) is 23.1 Å². The van der Waals surface area contributed by atoms with Gasteiger partial charge in [0.05, 0.1) is 24.8 Å². The number of aromatic nitrogens is 1. The van der Waals surface area contributed by atoms with Gasteiger partial charge in [0.1, 0.15) is 0 Å². The summed E-state index contributed by atoms with van der Waals surface area (Å²) in [5, 5.41) is 0.399. The summed E-state index contributed by atoms with van der Waals surface area (Å²) < 4.78 is 10.6. The van der Waals surface area contributed by atoms with Crippen LogP contribution in [-0.2, 0) is 6.42 Å². The first-order chi connectivity index (χ1) is 12.1. The number of rotatable bonds is 5. The fraction of sp³-hybridized carbons (Fsp3) is 0.368. The molecule has 1 amide bonds. The smallest absolute Gasteiger partial charge is 0.255 e. The number of methoxy groups -OCH3 is 2. The second-order valence-electron chi connectivity index (χ2n) is 6.15. The molecule has 1 unspecified atom stereocenters. The molecule has 132 valence electrons. The molecule has 0 aliphatic carbocycles. The summed E-state index contributed by atoms with van der Waals surface area (Å²) in [4.78, 5) is 18.4. The summed E-state index contributed by atoms with van der Waals surface area (Å²) in [7, 11) is 3.26. The number of carbonyl (C=O) groups is 1. The fourth-order valence-electron chi connectivity index (χ4n) is 3.24. The van der Waals surface area contributed by atoms with Crippen molar-refractivity contribution in [3.05, 3.63) is 52.8 Å². The van der Waals surface area contributed by atoms with Crippen molar-refractivity contribution in [2.45, 2.75) is 12.8 Å². The molecule has 3 rings (SSSR count). The van der Waals surface area contributed by atoms with Crippen molar-refractivity contribution in [1.29, 1.82) is 0 Å². The lowest BCUT2D eigenvalue weighted by molar-refractivity contribution is 0.0787. The Morgan fingerprint density at radius 3 is 2.80 bits per heavy atom. The molecule has 0 saturated carbocycles. The SMILES string of the molecule is COc1ccc(CC2CCN(C(=O)c3ccncc3Cl)C2)cc1OC. The molecule has 6 heteroatoms. The number of likely N-dealkylation sites (tertiary alicyclic amines) is 1. The summed E-state index contributed by atoms with van der Waals surface area (Å²) >= 11 is 6.09. The Kier molecular flexibility index (Phi) is 5.43. The first-order valence-electron chi connectivity index (χ1n) is 8.22. The second-order valence-corrected chi connectivity index (χ2v) is 6.56. The zero-order valence-electron chi connectivity index (χ0n) is 14.4. The van der Waals surface area contributed by atoms with Gasteiger partial charge in [0.25, 0.3) is 5.91 Å². The van der Waals surface area contributed by atoms with Crippen molar-refractivity contribution >= 4 is 17.5 Å². The maximum atomic E-state index is 12.6. The number of benzene rings is 1. The van der Waals surface area contributed by atoms with Crippen LogP contribution < -0.4 is 9.47 Å². The Bertz CT molecular complexity index is 766. The average Bonchev–Trinajstić information content (AvgIpc) is 3.10. The largest absolute Gasteiger partial charge is 0.493 e. The minimum atomic E-state index is -0.0257. The first-order valence-corrected chi connectivity index (χ1v) is 8.60. The Morgan fingerprint density at radius 1 is 1.28 bits per heavy atom. The lowest BCUT2D eigenvalue weighted by Gasteiger charge is -2.17. The number of carbonyl (C=O) groups excluding carboxylic acids is 1. The quantitative estimate of drug-likeness (QED) is 0.819. The zero-order valence-corrected chi connectivity index (χ0v) is 15.1. The summed E-state index contributed by atoms with van der Waals surface area (Å²) in [6.45, 7) is 1.47. The molecule has 5 nitrogen and oxygen atoms in total. The molecule has 1 atom stereocenters. The number of nitrogens with zero attached hydrogens (tertiary/aromatic N) is 2. The molecule has 1 aliphatic heterocycles. The summed E-state index contributed by atoms with van der Waals surface area (Å²) in [5.41, 5.74) is 1.70. The van der Waals surface area contributed by atoms with Gasteiger partial charge < -0.3 is 14.4 Å². The number of pyridine rings is 1. The van der Waals surface area contributed by atoms with Crippen LogP contribution in [0.25, 0.3) is 0 Å². The van der Waals surface area contributed by atoms with Gasteiger partial charge in [-0.05, 0) is 42.5 Å². The fourth-order valence-corrected chi connectivity index (χ4v) is 3.44. The van der Waals surface area contributed by atoms with Crippen molar-refractivity contribution in [2.24, 2.45) is 5.92 Å². The van der Waals surface area contributed by atoms with Gasteiger partial charge in [-0.15, -0.1) is 0 Å². The van der Waals surface area contributed by atoms with Crippen LogP contribution in [0.2, 0.25) is 5.02 Å². The van der Waals surface area contributed by atoms with Crippen molar-refractivity contribution in [3.8, 4) is 11.5 Å². The maximum Gasteiger partial charge on any atom is 0.255 e. The highest BCUT2D eigenvalue weighted by Gasteiger charge is 2.28. The van der Waals surface area contributed by atoms with E-state index in [0.29, 0.717) is 16.5 Å². The monoisotopic (exact) mass is 360 g/mol. The molecule has 1 saturated heterocycles. The van der Waals surface area contributed by atoms with E-state index < -0.39 is 0 Å². The normalized spacial score (nSPS) is 16.8. The predicted molar refractivity (Wildman–Crippen MR) is 96.5 cm³/mol. The highest BCUT2D eigenvalue weighted by molar-refractivity contribution is 6.33. The minimum absolute atomic E-state index is 0.0257. The number of hydrogen-bond acceptors (Lipinski definition) is 4. The molecule has 2 aromatic rings. The van der Waals surface area contributed by atoms with Gasteiger partial charge in [-0.1, -0.05) is 17.7 Å². The van der Waals surface area contributed by atoms with E-state index in [-0.39, 0.29) is 5.91 Å². The van der Waals surface area contributed by atoms with E-state index in [1.54, 1.807) is 26.5 Å². The van der Waals surface area contributed by atoms with Gasteiger partial charge in [-0.2, -0.15) is 0 Å². The van der Waals surface area contributed by atoms with Gasteiger partial charge >= 0.3 is 0 Å². The highest BCUT2D eigenvalue weighted by Crippen LogP contribution is 2.30. The Labute approximate surface area is 152 Å². The number of halogens is 1. The third kappa shape index (κ3) is 3.87. The molecule has 0 radical (unpaired) electrons. The molecule has 1 aliphatic rings. The van der Waals surface area contributed by atoms with E-state index in [2.05, 4.69) is 4.98 Å². The average molecular weight is 361 g/mol. The van der Waals surface area contributed by atoms with E-state index >= 15 is 0 Å². The van der Waals surface area contributed by atoms with Crippen LogP contribution in [0.1, 0.15) is 22.3 Å². The molecule has 0 bridgehead atoms. The summed E-state index contributed by atoms with van der Waals surface area (Å²) in [6, 6.07) is 7.64. The van der Waals surface area contributed by atoms with Gasteiger partial charge in [-0.3, -0.25) is 9.78 Å². The first kappa shape index (κ1) is 17.5. The van der Waals surface area contributed by atoms with Gasteiger partial charge in [-0.25, -0.2) is 0 Å². The Hall–Kier alpha value is -2.27. The van der Waals surface area contributed by atoms with E-state index in [1.165, 1.54) is 11.8 Å². The van der Waals surface area contributed by atoms with Crippen LogP contribution >= 0.6 is 11.6 Å². The van der Waals surface area contributed by atoms with Crippen LogP contribution in [0.5, 0.6) is 11.5 Å². The Morgan fingerprint density at radius 2 is 2.08 bits per heavy atom. The lowest BCUT2D eigenvalue weighted by atomic mass is 9.98. The van der Waals surface area contributed by atoms with Gasteiger partial charge in [0.15, 0.2) is 11.5 Å². The molecule has 0 spiro atoms. The molecule has 1 aromatic heterocycles. The topological polar surface area (TPSA) is 51.7 Å². The van der Waals surface area contributed by atoms with E-state index in [4.69, 9.17) is 21.1 Å². The Balaban J connectivity index is 1.65. The molecular weight excluding hydrogens is 340 g/mol. The van der Waals surface area contributed by atoms with E-state index in [0.717, 1.165) is 37.4 Å². The second kappa shape index (κ2) is 7.74. The minimum Gasteiger partial charge on any atom is -0.493 e. The maximum absolute atomic E-state index is 12.6.